The summed E-state index contributed by atoms with van der Waals surface area (Å²) in [4.78, 5) is 0. The van der Waals surface area contributed by atoms with Gasteiger partial charge in [-0.15, -0.1) is 0 Å². The summed E-state index contributed by atoms with van der Waals surface area (Å²) >= 11 is 0. The molecule has 1 heterocycles. The molecular formula is C23H22O6. The zero-order chi connectivity index (χ0) is 20.7. The van der Waals surface area contributed by atoms with Crippen molar-refractivity contribution in [2.24, 2.45) is 0 Å². The van der Waals surface area contributed by atoms with Gasteiger partial charge in [0.15, 0.2) is 34.5 Å². The van der Waals surface area contributed by atoms with Gasteiger partial charge in [0.1, 0.15) is 11.5 Å². The van der Waals surface area contributed by atoms with Crippen LogP contribution in [-0.2, 0) is 0 Å². The van der Waals surface area contributed by atoms with Crippen LogP contribution in [0.25, 0.3) is 0 Å². The van der Waals surface area contributed by atoms with E-state index in [4.69, 9.17) is 23.7 Å². The topological polar surface area (TPSA) is 66.4 Å². The quantitative estimate of drug-likeness (QED) is 0.456. The Morgan fingerprint density at radius 1 is 0.724 bits per heavy atom. The monoisotopic (exact) mass is 394 g/mol. The van der Waals surface area contributed by atoms with Crippen LogP contribution in [0.5, 0.6) is 51.7 Å². The van der Waals surface area contributed by atoms with Gasteiger partial charge in [0, 0.05) is 12.1 Å². The number of rotatable bonds is 4. The Hall–Kier alpha value is -3.54. The number of aryl methyl sites for hydroxylation is 3. The van der Waals surface area contributed by atoms with Crippen molar-refractivity contribution < 1.29 is 28.8 Å². The van der Waals surface area contributed by atoms with E-state index < -0.39 is 0 Å². The van der Waals surface area contributed by atoms with Crippen LogP contribution in [0.2, 0.25) is 0 Å². The van der Waals surface area contributed by atoms with Crippen molar-refractivity contribution >= 4 is 0 Å². The van der Waals surface area contributed by atoms with Crippen LogP contribution < -0.4 is 23.7 Å². The summed E-state index contributed by atoms with van der Waals surface area (Å²) in [5.74, 6) is 4.13. The number of hydrogen-bond acceptors (Lipinski definition) is 6. The lowest BCUT2D eigenvalue weighted by molar-refractivity contribution is 0.330. The second-order valence-corrected chi connectivity index (χ2v) is 6.96. The van der Waals surface area contributed by atoms with Gasteiger partial charge in [0.25, 0.3) is 0 Å². The molecule has 0 fully saturated rings. The first-order valence-corrected chi connectivity index (χ1v) is 9.14. The molecular weight excluding hydrogens is 372 g/mol. The molecule has 0 amide bonds. The van der Waals surface area contributed by atoms with E-state index in [1.54, 1.807) is 26.4 Å². The summed E-state index contributed by atoms with van der Waals surface area (Å²) in [6, 6.07) is 10.7. The fourth-order valence-corrected chi connectivity index (χ4v) is 3.30. The maximum Gasteiger partial charge on any atom is 0.212 e. The Morgan fingerprint density at radius 3 is 2.03 bits per heavy atom. The van der Waals surface area contributed by atoms with Crippen LogP contribution in [0, 0.1) is 20.8 Å². The maximum absolute atomic E-state index is 10.4. The van der Waals surface area contributed by atoms with E-state index in [-0.39, 0.29) is 5.75 Å². The summed E-state index contributed by atoms with van der Waals surface area (Å²) in [5, 5.41) is 10.4. The second-order valence-electron chi connectivity index (χ2n) is 6.96. The highest BCUT2D eigenvalue weighted by Gasteiger charge is 2.26. The minimum Gasteiger partial charge on any atom is -0.504 e. The molecule has 6 nitrogen and oxygen atoms in total. The average molecular weight is 394 g/mol. The molecule has 1 aliphatic heterocycles. The van der Waals surface area contributed by atoms with Gasteiger partial charge < -0.3 is 28.8 Å². The van der Waals surface area contributed by atoms with E-state index in [1.807, 2.05) is 39.0 Å². The minimum absolute atomic E-state index is 0.0215. The van der Waals surface area contributed by atoms with Gasteiger partial charge in [0.2, 0.25) is 5.75 Å². The summed E-state index contributed by atoms with van der Waals surface area (Å²) < 4.78 is 28.9. The molecule has 0 spiro atoms. The third kappa shape index (κ3) is 3.38. The molecule has 0 aromatic heterocycles. The van der Waals surface area contributed by atoms with Crippen LogP contribution in [-0.4, -0.2) is 19.3 Å². The van der Waals surface area contributed by atoms with Gasteiger partial charge in [-0.3, -0.25) is 0 Å². The molecule has 4 rings (SSSR count). The SMILES string of the molecule is COc1cc(C)c(Oc2cc(C)cc3c2Oc2cc(OC)cc(C)c2O3)c(O)c1. The van der Waals surface area contributed by atoms with Gasteiger partial charge in [-0.2, -0.15) is 0 Å². The molecule has 6 heteroatoms. The van der Waals surface area contributed by atoms with Gasteiger partial charge in [-0.05, 0) is 61.7 Å². The van der Waals surface area contributed by atoms with Crippen molar-refractivity contribution in [2.75, 3.05) is 14.2 Å². The predicted molar refractivity (Wildman–Crippen MR) is 109 cm³/mol. The highest BCUT2D eigenvalue weighted by Crippen LogP contribution is 2.53. The lowest BCUT2D eigenvalue weighted by atomic mass is 10.1. The zero-order valence-electron chi connectivity index (χ0n) is 17.0. The molecule has 1 aliphatic rings. The van der Waals surface area contributed by atoms with Crippen LogP contribution in [0.1, 0.15) is 16.7 Å². The van der Waals surface area contributed by atoms with Crippen LogP contribution in [0.3, 0.4) is 0 Å². The van der Waals surface area contributed by atoms with Crippen molar-refractivity contribution in [3.63, 3.8) is 0 Å². The van der Waals surface area contributed by atoms with Crippen molar-refractivity contribution in [2.45, 2.75) is 20.8 Å². The number of benzene rings is 3. The number of ether oxygens (including phenoxy) is 5. The lowest BCUT2D eigenvalue weighted by Gasteiger charge is -2.25. The number of fused-ring (bicyclic) bond motifs is 2. The fraction of sp³-hybridized carbons (Fsp3) is 0.217. The van der Waals surface area contributed by atoms with E-state index in [2.05, 4.69) is 0 Å². The second kappa shape index (κ2) is 7.13. The van der Waals surface area contributed by atoms with Crippen LogP contribution >= 0.6 is 0 Å². The van der Waals surface area contributed by atoms with Gasteiger partial charge >= 0.3 is 0 Å². The number of aromatic hydroxyl groups is 1. The summed E-state index contributed by atoms with van der Waals surface area (Å²) in [7, 11) is 3.15. The Labute approximate surface area is 169 Å². The molecule has 0 bridgehead atoms. The van der Waals surface area contributed by atoms with E-state index in [0.29, 0.717) is 46.0 Å². The summed E-state index contributed by atoms with van der Waals surface area (Å²) in [6.07, 6.45) is 0. The van der Waals surface area contributed by atoms with Crippen molar-refractivity contribution in [3.05, 3.63) is 53.1 Å². The highest BCUT2D eigenvalue weighted by atomic mass is 16.6. The number of hydrogen-bond donors (Lipinski definition) is 1. The lowest BCUT2D eigenvalue weighted by Crippen LogP contribution is -2.03. The molecule has 0 unspecified atom stereocenters. The minimum atomic E-state index is -0.0215. The first kappa shape index (κ1) is 18.8. The van der Waals surface area contributed by atoms with Crippen molar-refractivity contribution in [1.29, 1.82) is 0 Å². The highest BCUT2D eigenvalue weighted by molar-refractivity contribution is 5.65. The molecule has 0 atom stereocenters. The molecule has 3 aromatic carbocycles. The molecule has 0 saturated carbocycles. The third-order valence-corrected chi connectivity index (χ3v) is 4.72. The predicted octanol–water partition coefficient (Wildman–Crippen LogP) is 6.02. The smallest absolute Gasteiger partial charge is 0.212 e. The fourth-order valence-electron chi connectivity index (χ4n) is 3.30. The molecule has 1 N–H and O–H groups in total. The average Bonchev–Trinajstić information content (AvgIpc) is 2.69. The van der Waals surface area contributed by atoms with Crippen LogP contribution in [0.4, 0.5) is 0 Å². The Balaban J connectivity index is 1.78. The maximum atomic E-state index is 10.4. The van der Waals surface area contributed by atoms with E-state index in [0.717, 1.165) is 16.7 Å². The molecule has 0 radical (unpaired) electrons. The summed E-state index contributed by atoms with van der Waals surface area (Å²) in [5.41, 5.74) is 2.56. The van der Waals surface area contributed by atoms with Crippen LogP contribution in [0.15, 0.2) is 36.4 Å². The largest absolute Gasteiger partial charge is 0.504 e. The Bertz CT molecular complexity index is 1080. The zero-order valence-corrected chi connectivity index (χ0v) is 17.0. The molecule has 0 aliphatic carbocycles. The van der Waals surface area contributed by atoms with Gasteiger partial charge in [0.05, 0.1) is 14.2 Å². The first-order valence-electron chi connectivity index (χ1n) is 9.14. The van der Waals surface area contributed by atoms with E-state index >= 15 is 0 Å². The number of phenols is 1. The molecule has 150 valence electrons. The molecule has 0 saturated heterocycles. The first-order chi connectivity index (χ1) is 13.9. The number of phenolic OH excluding ortho intramolecular Hbond substituents is 1. The van der Waals surface area contributed by atoms with Crippen molar-refractivity contribution in [3.8, 4) is 51.7 Å². The molecule has 29 heavy (non-hydrogen) atoms. The van der Waals surface area contributed by atoms with E-state index in [1.165, 1.54) is 6.07 Å². The molecule has 3 aromatic rings. The summed E-state index contributed by atoms with van der Waals surface area (Å²) in [6.45, 7) is 5.70. The number of methoxy groups -OCH3 is 2. The Morgan fingerprint density at radius 2 is 1.34 bits per heavy atom. The van der Waals surface area contributed by atoms with E-state index in [9.17, 15) is 5.11 Å². The van der Waals surface area contributed by atoms with Gasteiger partial charge in [-0.25, -0.2) is 0 Å². The Kier molecular flexibility index (Phi) is 4.62. The van der Waals surface area contributed by atoms with Crippen molar-refractivity contribution in [1.82, 2.24) is 0 Å². The van der Waals surface area contributed by atoms with Gasteiger partial charge in [-0.1, -0.05) is 0 Å². The standard InChI is InChI=1S/C23H22O6/c1-12-6-18(27-21-13(2)8-15(25-4)10-17(21)24)23-19(7-12)28-22-14(3)9-16(26-5)11-20(22)29-23/h6-11,24H,1-5H3. The third-order valence-electron chi connectivity index (χ3n) is 4.72. The normalized spacial score (nSPS) is 11.6.